The van der Waals surface area contributed by atoms with Crippen LogP contribution < -0.4 is 26.0 Å². The lowest BCUT2D eigenvalue weighted by Crippen LogP contribution is -2.43. The number of nitrogens with one attached hydrogen (secondary N) is 4. The summed E-state index contributed by atoms with van der Waals surface area (Å²) in [5.74, 6) is -1.40. The summed E-state index contributed by atoms with van der Waals surface area (Å²) < 4.78 is 7.65. The Morgan fingerprint density at radius 3 is 2.18 bits per heavy atom. The van der Waals surface area contributed by atoms with Gasteiger partial charge in [-0.25, -0.2) is 14.8 Å². The molecule has 2 heterocycles. The number of aromatic carboxylic acids is 1. The van der Waals surface area contributed by atoms with E-state index < -0.39 is 47.5 Å². The Hall–Kier alpha value is -8.50. The van der Waals surface area contributed by atoms with Gasteiger partial charge in [0.1, 0.15) is 17.6 Å². The standard InChI is InChI=1S/C44H36N8O8/c1-5-6-34(51-40(54)27-10-8-26(9-11-27)39-49-35-21-25(22-45)7-20-36(35)52(39)4)43(57)48-30-16-18-33(46-23-30)42(56)50-32-19-17-31(37(53)38(32)60-24(2)3)41(55)47-29-14-12-28(13-15-29)44(58)59/h1,7-21,23-24,34,53H,6H2,2-4H3,(H,47,55)(H,48,57)(H,50,56)(H,51,54)(H,58,59). The summed E-state index contributed by atoms with van der Waals surface area (Å²) in [4.78, 5) is 72.7. The predicted octanol–water partition coefficient (Wildman–Crippen LogP) is 5.96. The molecular weight excluding hydrogens is 769 g/mol. The second kappa shape index (κ2) is 17.7. The van der Waals surface area contributed by atoms with Gasteiger partial charge in [0.25, 0.3) is 17.7 Å². The highest BCUT2D eigenvalue weighted by Crippen LogP contribution is 2.39. The van der Waals surface area contributed by atoms with Crippen LogP contribution in [0.4, 0.5) is 17.1 Å². The van der Waals surface area contributed by atoms with Crippen molar-refractivity contribution in [2.24, 2.45) is 7.05 Å². The summed E-state index contributed by atoms with van der Waals surface area (Å²) in [5.41, 5.74) is 3.31. The summed E-state index contributed by atoms with van der Waals surface area (Å²) in [7, 11) is 1.85. The normalized spacial score (nSPS) is 11.2. The van der Waals surface area contributed by atoms with Gasteiger partial charge in [0.15, 0.2) is 11.5 Å². The Morgan fingerprint density at radius 2 is 1.55 bits per heavy atom. The van der Waals surface area contributed by atoms with Crippen molar-refractivity contribution >= 4 is 57.7 Å². The first-order chi connectivity index (χ1) is 28.8. The van der Waals surface area contributed by atoms with E-state index in [0.717, 1.165) is 11.1 Å². The largest absolute Gasteiger partial charge is 0.504 e. The van der Waals surface area contributed by atoms with Crippen molar-refractivity contribution in [3.8, 4) is 41.3 Å². The number of aromatic nitrogens is 3. The lowest BCUT2D eigenvalue weighted by atomic mass is 10.1. The van der Waals surface area contributed by atoms with Gasteiger partial charge in [-0.2, -0.15) is 5.26 Å². The number of carbonyl (C=O) groups is 5. The number of carbonyl (C=O) groups excluding carboxylic acids is 4. The molecule has 2 aromatic heterocycles. The molecule has 0 aliphatic rings. The molecule has 0 bridgehead atoms. The van der Waals surface area contributed by atoms with E-state index >= 15 is 0 Å². The molecule has 6 aromatic rings. The molecule has 0 radical (unpaired) electrons. The van der Waals surface area contributed by atoms with Crippen molar-refractivity contribution in [1.82, 2.24) is 19.9 Å². The SMILES string of the molecule is C#CCC(NC(=O)c1ccc(-c2nc3cc(C#N)ccc3n2C)cc1)C(=O)Nc1ccc(C(=O)Nc2ccc(C(=O)Nc3ccc(C(=O)O)cc3)c(O)c2OC(C)C)nc1. The zero-order chi connectivity index (χ0) is 43.1. The highest BCUT2D eigenvalue weighted by atomic mass is 16.5. The Kier molecular flexibility index (Phi) is 12.2. The number of phenolic OH excluding ortho intramolecular Hbond substituents is 1. The van der Waals surface area contributed by atoms with E-state index in [4.69, 9.17) is 16.3 Å². The molecule has 6 rings (SSSR count). The maximum Gasteiger partial charge on any atom is 0.335 e. The molecule has 0 fully saturated rings. The first-order valence-corrected chi connectivity index (χ1v) is 18.2. The Bertz CT molecular complexity index is 2730. The Balaban J connectivity index is 1.09. The number of amides is 4. The molecule has 1 atom stereocenters. The fourth-order valence-corrected chi connectivity index (χ4v) is 5.99. The summed E-state index contributed by atoms with van der Waals surface area (Å²) in [6.07, 6.45) is 6.17. The van der Waals surface area contributed by atoms with Gasteiger partial charge < -0.3 is 40.8 Å². The number of aryl methyl sites for hydroxylation is 1. The second-order valence-corrected chi connectivity index (χ2v) is 13.5. The molecule has 0 saturated heterocycles. The van der Waals surface area contributed by atoms with Gasteiger partial charge in [0.2, 0.25) is 5.91 Å². The van der Waals surface area contributed by atoms with Crippen molar-refractivity contribution in [3.05, 3.63) is 125 Å². The molecule has 60 heavy (non-hydrogen) atoms. The minimum absolute atomic E-state index is 0.0292. The summed E-state index contributed by atoms with van der Waals surface area (Å²) >= 11 is 0. The van der Waals surface area contributed by atoms with Crippen molar-refractivity contribution in [3.63, 3.8) is 0 Å². The maximum atomic E-state index is 13.3. The fourth-order valence-electron chi connectivity index (χ4n) is 5.99. The zero-order valence-electron chi connectivity index (χ0n) is 32.3. The number of carboxylic acid groups (broad SMARTS) is 1. The van der Waals surface area contributed by atoms with Crippen LogP contribution in [0.5, 0.6) is 11.5 Å². The number of phenols is 1. The third-order valence-electron chi connectivity index (χ3n) is 8.99. The average molecular weight is 805 g/mol. The van der Waals surface area contributed by atoms with E-state index in [0.29, 0.717) is 16.9 Å². The lowest BCUT2D eigenvalue weighted by molar-refractivity contribution is -0.117. The maximum absolute atomic E-state index is 13.3. The zero-order valence-corrected chi connectivity index (χ0v) is 32.3. The number of benzene rings is 4. The number of aromatic hydroxyl groups is 1. The first-order valence-electron chi connectivity index (χ1n) is 18.2. The number of carboxylic acids is 1. The Labute approximate surface area is 342 Å². The van der Waals surface area contributed by atoms with Crippen molar-refractivity contribution < 1.29 is 38.9 Å². The minimum atomic E-state index is -1.13. The number of hydrogen-bond donors (Lipinski definition) is 6. The number of pyridine rings is 1. The molecule has 0 aliphatic carbocycles. The van der Waals surface area contributed by atoms with Gasteiger partial charge in [-0.05, 0) is 92.7 Å². The van der Waals surface area contributed by atoms with Crippen LogP contribution >= 0.6 is 0 Å². The van der Waals surface area contributed by atoms with E-state index in [1.165, 1.54) is 54.7 Å². The first kappa shape index (κ1) is 41.1. The molecule has 0 spiro atoms. The molecule has 0 saturated carbocycles. The van der Waals surface area contributed by atoms with Crippen molar-refractivity contribution in [2.45, 2.75) is 32.4 Å². The molecule has 0 aliphatic heterocycles. The number of nitriles is 1. The third-order valence-corrected chi connectivity index (χ3v) is 8.99. The van der Waals surface area contributed by atoms with E-state index in [-0.39, 0.29) is 51.6 Å². The Morgan fingerprint density at radius 1 is 0.850 bits per heavy atom. The smallest absolute Gasteiger partial charge is 0.335 e. The summed E-state index contributed by atoms with van der Waals surface area (Å²) in [5, 5.41) is 39.9. The number of fused-ring (bicyclic) bond motifs is 1. The third kappa shape index (κ3) is 9.20. The molecule has 16 nitrogen and oxygen atoms in total. The van der Waals surface area contributed by atoms with E-state index in [1.54, 1.807) is 50.2 Å². The van der Waals surface area contributed by atoms with Crippen LogP contribution in [-0.2, 0) is 11.8 Å². The molecule has 1 unspecified atom stereocenters. The molecule has 4 amide bonds. The second-order valence-electron chi connectivity index (χ2n) is 13.5. The van der Waals surface area contributed by atoms with Crippen LogP contribution in [0, 0.1) is 23.7 Å². The fraction of sp³-hybridized carbons (Fsp3) is 0.136. The van der Waals surface area contributed by atoms with Crippen LogP contribution in [-0.4, -0.2) is 66.5 Å². The molecular formula is C44H36N8O8. The van der Waals surface area contributed by atoms with Crippen molar-refractivity contribution in [1.29, 1.82) is 5.26 Å². The quantitative estimate of drug-likeness (QED) is 0.0745. The number of nitrogens with zero attached hydrogens (tertiary/aromatic N) is 4. The van der Waals surface area contributed by atoms with Crippen molar-refractivity contribution in [2.75, 3.05) is 16.0 Å². The number of ether oxygens (including phenoxy) is 1. The average Bonchev–Trinajstić information content (AvgIpc) is 3.57. The number of anilines is 3. The highest BCUT2D eigenvalue weighted by molar-refractivity contribution is 6.09. The molecule has 6 N–H and O–H groups in total. The number of hydrogen-bond acceptors (Lipinski definition) is 10. The van der Waals surface area contributed by atoms with E-state index in [1.807, 2.05) is 17.7 Å². The molecule has 16 heteroatoms. The van der Waals surface area contributed by atoms with Gasteiger partial charge in [-0.3, -0.25) is 19.2 Å². The lowest BCUT2D eigenvalue weighted by Gasteiger charge is -2.18. The number of rotatable bonds is 13. The van der Waals surface area contributed by atoms with Gasteiger partial charge in [-0.15, -0.1) is 12.3 Å². The van der Waals surface area contributed by atoms with Crippen LogP contribution in [0.25, 0.3) is 22.4 Å². The summed E-state index contributed by atoms with van der Waals surface area (Å²) in [6.45, 7) is 3.37. The number of imidazole rings is 1. The van der Waals surface area contributed by atoms with Gasteiger partial charge >= 0.3 is 5.97 Å². The number of terminal acetylenes is 1. The van der Waals surface area contributed by atoms with Crippen LogP contribution in [0.15, 0.2) is 97.2 Å². The van der Waals surface area contributed by atoms with Crippen LogP contribution in [0.2, 0.25) is 0 Å². The highest BCUT2D eigenvalue weighted by Gasteiger charge is 2.24. The van der Waals surface area contributed by atoms with Gasteiger partial charge in [0.05, 0.1) is 57.5 Å². The van der Waals surface area contributed by atoms with Crippen LogP contribution in [0.1, 0.15) is 67.4 Å². The van der Waals surface area contributed by atoms with E-state index in [9.17, 15) is 34.3 Å². The van der Waals surface area contributed by atoms with Gasteiger partial charge in [0, 0.05) is 30.3 Å². The minimum Gasteiger partial charge on any atom is -0.504 e. The monoisotopic (exact) mass is 804 g/mol. The molecule has 300 valence electrons. The molecule has 4 aromatic carbocycles. The van der Waals surface area contributed by atoms with E-state index in [2.05, 4.69) is 43.2 Å². The summed E-state index contributed by atoms with van der Waals surface area (Å²) in [6, 6.07) is 23.7. The van der Waals surface area contributed by atoms with Crippen LogP contribution in [0.3, 0.4) is 0 Å². The topological polar surface area (TPSA) is 238 Å². The van der Waals surface area contributed by atoms with Gasteiger partial charge in [-0.1, -0.05) is 12.1 Å². The predicted molar refractivity (Wildman–Crippen MR) is 222 cm³/mol.